The first-order valence-corrected chi connectivity index (χ1v) is 11.5. The molecule has 0 aliphatic heterocycles. The van der Waals surface area contributed by atoms with Gasteiger partial charge in [0.2, 0.25) is 0 Å². The number of allylic oxidation sites excluding steroid dienone is 4. The van der Waals surface area contributed by atoms with E-state index in [-0.39, 0.29) is 42.0 Å². The van der Waals surface area contributed by atoms with Crippen molar-refractivity contribution in [3.63, 3.8) is 0 Å². The number of rotatable bonds is 1. The molecular weight excluding hydrogens is 388 g/mol. The maximum atomic E-state index is 3.68. The standard InChI is InChI=1S/C22H21.C2H7Si.2CH3.Ti/c1-22(2,3)19-10-8-16(14-19)15-9-11-21-18(12-15)13-17-6-4-5-7-20(17)21;1-3-2;;;/h4-7,9-11,14H,8,13H2,1-3H3;3H,1-2H3;2*1H3;/q-1;;2*-1;+3. The van der Waals surface area contributed by atoms with Gasteiger partial charge in [-0.05, 0) is 23.8 Å². The summed E-state index contributed by atoms with van der Waals surface area (Å²) in [5, 5.41) is 0. The van der Waals surface area contributed by atoms with Crippen molar-refractivity contribution in [2.45, 2.75) is 46.7 Å². The van der Waals surface area contributed by atoms with E-state index in [0.717, 1.165) is 22.4 Å². The monoisotopic (exact) mass is 422 g/mol. The van der Waals surface area contributed by atoms with Crippen LogP contribution in [0, 0.1) is 26.3 Å². The summed E-state index contributed by atoms with van der Waals surface area (Å²) < 4.78 is 0. The van der Waals surface area contributed by atoms with Crippen LogP contribution in [0.1, 0.15) is 43.9 Å². The van der Waals surface area contributed by atoms with E-state index in [2.05, 4.69) is 88.5 Å². The van der Waals surface area contributed by atoms with Gasteiger partial charge in [0.15, 0.2) is 0 Å². The van der Waals surface area contributed by atoms with Gasteiger partial charge in [-0.2, -0.15) is 0 Å². The van der Waals surface area contributed by atoms with Crippen LogP contribution in [0.2, 0.25) is 13.1 Å². The van der Waals surface area contributed by atoms with Gasteiger partial charge >= 0.3 is 21.7 Å². The molecule has 2 aliphatic carbocycles. The van der Waals surface area contributed by atoms with Gasteiger partial charge in [-0.3, -0.25) is 0 Å². The summed E-state index contributed by atoms with van der Waals surface area (Å²) in [6, 6.07) is 16.9. The molecule has 2 aliphatic rings. The first-order valence-electron chi connectivity index (χ1n) is 9.23. The molecule has 0 fully saturated rings. The van der Waals surface area contributed by atoms with Crippen LogP contribution in [0.4, 0.5) is 0 Å². The van der Waals surface area contributed by atoms with E-state index < -0.39 is 0 Å². The summed E-state index contributed by atoms with van der Waals surface area (Å²) in [5.74, 6) is 0. The van der Waals surface area contributed by atoms with Crippen LogP contribution < -0.4 is 0 Å². The molecular formula is C26H34SiTi. The average molecular weight is 423 g/mol. The summed E-state index contributed by atoms with van der Waals surface area (Å²) in [6.07, 6.45) is 6.78. The zero-order chi connectivity index (χ0) is 18.0. The molecule has 0 atom stereocenters. The van der Waals surface area contributed by atoms with E-state index in [9.17, 15) is 0 Å². The van der Waals surface area contributed by atoms with Gasteiger partial charge in [-0.1, -0.05) is 87.0 Å². The SMILES string of the molecule is CC(C)(C)C1=CCC(c2[c-]c3c(cc2)-c2ccccc2C3)=C1.C[SiH]C.[CH3-].[CH3-].[Ti+3]. The molecule has 0 amide bonds. The second kappa shape index (κ2) is 11.1. The van der Waals surface area contributed by atoms with Gasteiger partial charge in [0, 0.05) is 9.52 Å². The fourth-order valence-electron chi connectivity index (χ4n) is 3.48. The van der Waals surface area contributed by atoms with Crippen LogP contribution in [0.3, 0.4) is 0 Å². The molecule has 0 bridgehead atoms. The minimum absolute atomic E-state index is 0. The van der Waals surface area contributed by atoms with Gasteiger partial charge in [0.25, 0.3) is 0 Å². The maximum absolute atomic E-state index is 3.68. The molecule has 0 saturated heterocycles. The molecule has 0 unspecified atom stereocenters. The summed E-state index contributed by atoms with van der Waals surface area (Å²) in [7, 11) is 0.750. The molecule has 2 radical (unpaired) electrons. The number of benzene rings is 2. The van der Waals surface area contributed by atoms with E-state index in [1.807, 2.05) is 0 Å². The molecule has 2 heteroatoms. The third-order valence-corrected chi connectivity index (χ3v) is 4.79. The van der Waals surface area contributed by atoms with Gasteiger partial charge in [0.05, 0.1) is 0 Å². The molecule has 0 spiro atoms. The van der Waals surface area contributed by atoms with Gasteiger partial charge in [-0.25, -0.2) is 0 Å². The summed E-state index contributed by atoms with van der Waals surface area (Å²) >= 11 is 0. The molecule has 0 aromatic heterocycles. The Labute approximate surface area is 191 Å². The minimum Gasteiger partial charge on any atom is -0.358 e. The molecule has 4 rings (SSSR count). The first kappa shape index (κ1) is 26.9. The average Bonchev–Trinajstić information content (AvgIpc) is 3.19. The van der Waals surface area contributed by atoms with Crippen LogP contribution in [-0.4, -0.2) is 9.52 Å². The quantitative estimate of drug-likeness (QED) is 0.287. The zero-order valence-corrected chi connectivity index (χ0v) is 21.3. The molecule has 2 aromatic rings. The molecule has 0 N–H and O–H groups in total. The Kier molecular flexibility index (Phi) is 10.7. The molecule has 28 heavy (non-hydrogen) atoms. The minimum atomic E-state index is 0. The zero-order valence-electron chi connectivity index (χ0n) is 18.6. The van der Waals surface area contributed by atoms with Crippen molar-refractivity contribution < 1.29 is 21.7 Å². The van der Waals surface area contributed by atoms with Gasteiger partial charge in [0.1, 0.15) is 0 Å². The smallest absolute Gasteiger partial charge is 0.358 e. The van der Waals surface area contributed by atoms with E-state index in [1.165, 1.54) is 39.0 Å². The van der Waals surface area contributed by atoms with Crippen LogP contribution in [0.15, 0.2) is 54.1 Å². The van der Waals surface area contributed by atoms with Crippen molar-refractivity contribution in [3.8, 4) is 11.1 Å². The molecule has 0 saturated carbocycles. The molecule has 146 valence electrons. The predicted molar refractivity (Wildman–Crippen MR) is 125 cm³/mol. The summed E-state index contributed by atoms with van der Waals surface area (Å²) in [5.41, 5.74) is 9.87. The third kappa shape index (κ3) is 5.69. The Balaban J connectivity index is 0.00000115. The predicted octanol–water partition coefficient (Wildman–Crippen LogP) is 7.23. The number of hydrogen-bond acceptors (Lipinski definition) is 0. The molecule has 0 nitrogen and oxygen atoms in total. The van der Waals surface area contributed by atoms with Gasteiger partial charge in [-0.15, -0.1) is 34.9 Å². The first-order chi connectivity index (χ1) is 11.9. The van der Waals surface area contributed by atoms with Crippen molar-refractivity contribution in [1.29, 1.82) is 0 Å². The maximum Gasteiger partial charge on any atom is 3.00 e. The normalized spacial score (nSPS) is 13.3. The van der Waals surface area contributed by atoms with Crippen molar-refractivity contribution >= 4 is 15.1 Å². The summed E-state index contributed by atoms with van der Waals surface area (Å²) in [6.45, 7) is 11.3. The fraction of sp³-hybridized carbons (Fsp3) is 0.308. The summed E-state index contributed by atoms with van der Waals surface area (Å²) in [4.78, 5) is 0. The second-order valence-electron chi connectivity index (χ2n) is 7.96. The Bertz CT molecular complexity index is 838. The van der Waals surface area contributed by atoms with E-state index >= 15 is 0 Å². The third-order valence-electron chi connectivity index (χ3n) is 4.79. The van der Waals surface area contributed by atoms with E-state index in [4.69, 9.17) is 0 Å². The Morgan fingerprint density at radius 1 is 0.929 bits per heavy atom. The molecule has 0 heterocycles. The topological polar surface area (TPSA) is 0 Å². The number of hydrogen-bond donors (Lipinski definition) is 0. The second-order valence-corrected chi connectivity index (χ2v) is 9.11. The largest absolute Gasteiger partial charge is 3.00 e. The van der Waals surface area contributed by atoms with Crippen molar-refractivity contribution in [2.75, 3.05) is 0 Å². The van der Waals surface area contributed by atoms with Crippen LogP contribution in [-0.2, 0) is 28.1 Å². The fourth-order valence-corrected chi connectivity index (χ4v) is 3.48. The Morgan fingerprint density at radius 2 is 1.57 bits per heavy atom. The van der Waals surface area contributed by atoms with E-state index in [0.29, 0.717) is 0 Å². The molecule has 2 aromatic carbocycles. The van der Waals surface area contributed by atoms with E-state index in [1.54, 1.807) is 0 Å². The number of fused-ring (bicyclic) bond motifs is 3. The van der Waals surface area contributed by atoms with Crippen molar-refractivity contribution in [1.82, 2.24) is 0 Å². The van der Waals surface area contributed by atoms with Gasteiger partial charge < -0.3 is 14.9 Å². The Morgan fingerprint density at radius 3 is 2.18 bits per heavy atom. The van der Waals surface area contributed by atoms with Crippen LogP contribution in [0.25, 0.3) is 16.7 Å². The Hall–Kier alpha value is -1.15. The van der Waals surface area contributed by atoms with Crippen LogP contribution in [0.5, 0.6) is 0 Å². The van der Waals surface area contributed by atoms with Crippen LogP contribution >= 0.6 is 0 Å². The van der Waals surface area contributed by atoms with Crippen molar-refractivity contribution in [2.24, 2.45) is 5.41 Å². The van der Waals surface area contributed by atoms with Crippen molar-refractivity contribution in [3.05, 3.63) is 91.7 Å².